The molecule has 6 nitrogen and oxygen atoms in total. The number of hydrogen-bond acceptors (Lipinski definition) is 5. The molecular formula is C14H18N4O2. The Labute approximate surface area is 117 Å². The summed E-state index contributed by atoms with van der Waals surface area (Å²) in [7, 11) is 1.64. The summed E-state index contributed by atoms with van der Waals surface area (Å²) < 4.78 is 6.96. The molecular weight excluding hydrogens is 256 g/mol. The largest absolute Gasteiger partial charge is 0.390 e. The molecule has 0 amide bonds. The van der Waals surface area contributed by atoms with Gasteiger partial charge in [-0.05, 0) is 12.1 Å². The molecule has 0 unspecified atom stereocenters. The van der Waals surface area contributed by atoms with E-state index in [1.54, 1.807) is 7.11 Å². The van der Waals surface area contributed by atoms with Gasteiger partial charge >= 0.3 is 0 Å². The van der Waals surface area contributed by atoms with Crippen LogP contribution in [0.15, 0.2) is 24.4 Å². The van der Waals surface area contributed by atoms with Gasteiger partial charge in [-0.15, -0.1) is 0 Å². The van der Waals surface area contributed by atoms with E-state index < -0.39 is 0 Å². The van der Waals surface area contributed by atoms with Crippen LogP contribution in [0.1, 0.15) is 12.1 Å². The Bertz CT molecular complexity index is 603. The molecule has 0 atom stereocenters. The Morgan fingerprint density at radius 2 is 2.30 bits per heavy atom. The molecule has 0 fully saturated rings. The molecule has 20 heavy (non-hydrogen) atoms. The Morgan fingerprint density at radius 3 is 3.00 bits per heavy atom. The average molecular weight is 274 g/mol. The maximum atomic E-state index is 9.62. The van der Waals surface area contributed by atoms with Crippen molar-refractivity contribution in [1.82, 2.24) is 9.38 Å². The van der Waals surface area contributed by atoms with Crippen molar-refractivity contribution in [1.29, 1.82) is 5.26 Å². The highest BCUT2D eigenvalue weighted by atomic mass is 16.5. The molecule has 0 aliphatic heterocycles. The Morgan fingerprint density at radius 1 is 1.45 bits per heavy atom. The van der Waals surface area contributed by atoms with Crippen LogP contribution in [0.2, 0.25) is 0 Å². The number of ether oxygens (including phenoxy) is 1. The van der Waals surface area contributed by atoms with Gasteiger partial charge in [-0.25, -0.2) is 4.98 Å². The summed E-state index contributed by atoms with van der Waals surface area (Å²) in [6.45, 7) is 1.65. The fourth-order valence-electron chi connectivity index (χ4n) is 2.14. The summed E-state index contributed by atoms with van der Waals surface area (Å²) in [5, 5.41) is 18.4. The van der Waals surface area contributed by atoms with Gasteiger partial charge in [-0.2, -0.15) is 5.26 Å². The quantitative estimate of drug-likeness (QED) is 0.821. The summed E-state index contributed by atoms with van der Waals surface area (Å²) in [5.41, 5.74) is 1.51. The predicted octanol–water partition coefficient (Wildman–Crippen LogP) is 1.19. The highest BCUT2D eigenvalue weighted by molar-refractivity contribution is 5.55. The molecule has 0 saturated carbocycles. The van der Waals surface area contributed by atoms with Crippen molar-refractivity contribution >= 4 is 11.5 Å². The van der Waals surface area contributed by atoms with Gasteiger partial charge in [0.25, 0.3) is 0 Å². The van der Waals surface area contributed by atoms with Gasteiger partial charge in [-0.1, -0.05) is 6.07 Å². The van der Waals surface area contributed by atoms with Gasteiger partial charge in [0.05, 0.1) is 31.4 Å². The summed E-state index contributed by atoms with van der Waals surface area (Å²) in [5.74, 6) is 0.714. The topological polar surface area (TPSA) is 73.8 Å². The molecule has 6 heteroatoms. The monoisotopic (exact) mass is 274 g/mol. The zero-order chi connectivity index (χ0) is 14.4. The number of aliphatic hydroxyl groups is 1. The van der Waals surface area contributed by atoms with E-state index in [1.807, 2.05) is 33.7 Å². The van der Waals surface area contributed by atoms with Crippen LogP contribution >= 0.6 is 0 Å². The molecule has 2 heterocycles. The van der Waals surface area contributed by atoms with E-state index in [2.05, 4.69) is 11.1 Å². The molecule has 2 aromatic rings. The number of fused-ring (bicyclic) bond motifs is 1. The Balaban J connectivity index is 2.38. The highest BCUT2D eigenvalue weighted by Crippen LogP contribution is 2.22. The first kappa shape index (κ1) is 14.3. The van der Waals surface area contributed by atoms with E-state index in [1.165, 1.54) is 0 Å². The van der Waals surface area contributed by atoms with Crippen molar-refractivity contribution in [2.75, 3.05) is 31.7 Å². The van der Waals surface area contributed by atoms with Crippen LogP contribution in [0.3, 0.4) is 0 Å². The first-order valence-corrected chi connectivity index (χ1v) is 6.49. The third kappa shape index (κ3) is 2.90. The zero-order valence-electron chi connectivity index (χ0n) is 11.5. The average Bonchev–Trinajstić information content (AvgIpc) is 2.85. The third-order valence-corrected chi connectivity index (χ3v) is 3.12. The molecule has 0 bridgehead atoms. The van der Waals surface area contributed by atoms with Gasteiger partial charge in [0.1, 0.15) is 5.65 Å². The van der Waals surface area contributed by atoms with Gasteiger partial charge in [0.15, 0.2) is 5.82 Å². The highest BCUT2D eigenvalue weighted by Gasteiger charge is 2.17. The van der Waals surface area contributed by atoms with Crippen molar-refractivity contribution in [2.45, 2.75) is 13.0 Å². The molecule has 2 rings (SSSR count). The van der Waals surface area contributed by atoms with Crippen LogP contribution < -0.4 is 4.90 Å². The smallest absolute Gasteiger partial charge is 0.153 e. The maximum absolute atomic E-state index is 9.62. The molecule has 0 aromatic carbocycles. The molecule has 0 spiro atoms. The fraction of sp³-hybridized carbons (Fsp3) is 0.429. The number of pyridine rings is 1. The number of imidazole rings is 1. The molecule has 0 aliphatic rings. The molecule has 0 aliphatic carbocycles. The van der Waals surface area contributed by atoms with Crippen molar-refractivity contribution < 1.29 is 9.84 Å². The lowest BCUT2D eigenvalue weighted by Gasteiger charge is -2.22. The summed E-state index contributed by atoms with van der Waals surface area (Å²) >= 11 is 0. The number of aromatic nitrogens is 2. The first-order valence-electron chi connectivity index (χ1n) is 6.49. The summed E-state index contributed by atoms with van der Waals surface area (Å²) in [4.78, 5) is 6.53. The van der Waals surface area contributed by atoms with Crippen LogP contribution in [-0.2, 0) is 11.3 Å². The van der Waals surface area contributed by atoms with E-state index in [4.69, 9.17) is 10.00 Å². The minimum Gasteiger partial charge on any atom is -0.390 e. The Kier molecular flexibility index (Phi) is 4.93. The van der Waals surface area contributed by atoms with E-state index >= 15 is 0 Å². The zero-order valence-corrected chi connectivity index (χ0v) is 11.5. The van der Waals surface area contributed by atoms with Gasteiger partial charge in [0.2, 0.25) is 0 Å². The normalized spacial score (nSPS) is 10.7. The number of anilines is 1. The van der Waals surface area contributed by atoms with Crippen molar-refractivity contribution in [3.8, 4) is 6.07 Å². The lowest BCUT2D eigenvalue weighted by Crippen LogP contribution is -2.29. The number of nitrogens with zero attached hydrogens (tertiary/aromatic N) is 4. The van der Waals surface area contributed by atoms with Crippen molar-refractivity contribution in [2.24, 2.45) is 0 Å². The molecule has 2 aromatic heterocycles. The van der Waals surface area contributed by atoms with Crippen LogP contribution in [0.5, 0.6) is 0 Å². The van der Waals surface area contributed by atoms with Crippen molar-refractivity contribution in [3.63, 3.8) is 0 Å². The number of aliphatic hydroxyl groups excluding tert-OH is 1. The Hall–Kier alpha value is -2.10. The second kappa shape index (κ2) is 6.89. The maximum Gasteiger partial charge on any atom is 0.153 e. The molecule has 0 saturated heterocycles. The lowest BCUT2D eigenvalue weighted by molar-refractivity contribution is 0.205. The molecule has 0 radical (unpaired) electrons. The van der Waals surface area contributed by atoms with Crippen molar-refractivity contribution in [3.05, 3.63) is 30.1 Å². The molecule has 106 valence electrons. The van der Waals surface area contributed by atoms with Crippen LogP contribution in [0, 0.1) is 11.3 Å². The first-order chi connectivity index (χ1) is 9.81. The molecule has 1 N–H and O–H groups in total. The van der Waals surface area contributed by atoms with Gasteiger partial charge in [0, 0.05) is 26.4 Å². The van der Waals surface area contributed by atoms with E-state index in [9.17, 15) is 5.11 Å². The number of rotatable bonds is 7. The summed E-state index contributed by atoms with van der Waals surface area (Å²) in [6, 6.07) is 7.83. The van der Waals surface area contributed by atoms with Gasteiger partial charge < -0.3 is 14.7 Å². The van der Waals surface area contributed by atoms with E-state index in [-0.39, 0.29) is 6.61 Å². The minimum atomic E-state index is -0.101. The lowest BCUT2D eigenvalue weighted by atomic mass is 10.3. The summed E-state index contributed by atoms with van der Waals surface area (Å²) in [6.07, 6.45) is 2.28. The van der Waals surface area contributed by atoms with E-state index in [0.29, 0.717) is 31.9 Å². The standard InChI is InChI=1S/C14H18N4O2/c1-20-10-9-17(7-4-6-15)14-12(11-19)18-8-3-2-5-13(18)16-14/h2-3,5,8,19H,4,7,9-11H2,1H3. The minimum absolute atomic E-state index is 0.101. The SMILES string of the molecule is COCCN(CCC#N)c1nc2ccccn2c1CO. The number of nitriles is 1. The third-order valence-electron chi connectivity index (χ3n) is 3.12. The second-order valence-electron chi connectivity index (χ2n) is 4.36. The fourth-order valence-corrected chi connectivity index (χ4v) is 2.14. The predicted molar refractivity (Wildman–Crippen MR) is 75.4 cm³/mol. The number of hydrogen-bond donors (Lipinski definition) is 1. The van der Waals surface area contributed by atoms with Crippen LogP contribution in [-0.4, -0.2) is 41.3 Å². The second-order valence-corrected chi connectivity index (χ2v) is 4.36. The van der Waals surface area contributed by atoms with Crippen LogP contribution in [0.4, 0.5) is 5.82 Å². The van der Waals surface area contributed by atoms with E-state index in [0.717, 1.165) is 11.3 Å². The van der Waals surface area contributed by atoms with Gasteiger partial charge in [-0.3, -0.25) is 4.40 Å². The van der Waals surface area contributed by atoms with Crippen LogP contribution in [0.25, 0.3) is 5.65 Å². The number of methoxy groups -OCH3 is 1.